The Balaban J connectivity index is 1.85. The number of rotatable bonds is 2. The third-order valence-corrected chi connectivity index (χ3v) is 5.08. The van der Waals surface area contributed by atoms with Crippen molar-refractivity contribution in [2.24, 2.45) is 7.05 Å². The van der Waals surface area contributed by atoms with Crippen LogP contribution in [0.4, 0.5) is 0 Å². The Labute approximate surface area is 145 Å². The van der Waals surface area contributed by atoms with Gasteiger partial charge in [-0.2, -0.15) is 5.26 Å². The predicted octanol–water partition coefficient (Wildman–Crippen LogP) is 3.77. The van der Waals surface area contributed by atoms with E-state index in [-0.39, 0.29) is 5.41 Å². The van der Waals surface area contributed by atoms with Gasteiger partial charge in [-0.25, -0.2) is 4.98 Å². The van der Waals surface area contributed by atoms with Gasteiger partial charge in [-0.05, 0) is 42.7 Å². The predicted molar refractivity (Wildman–Crippen MR) is 95.0 cm³/mol. The zero-order valence-electron chi connectivity index (χ0n) is 12.5. The summed E-state index contributed by atoms with van der Waals surface area (Å²) < 4.78 is 2.00. The first-order chi connectivity index (χ1) is 11.0. The third-order valence-electron chi connectivity index (χ3n) is 4.46. The second-order valence-electron chi connectivity index (χ2n) is 5.95. The van der Waals surface area contributed by atoms with Crippen molar-refractivity contribution in [3.05, 3.63) is 36.0 Å². The summed E-state index contributed by atoms with van der Waals surface area (Å²) in [4.78, 5) is 10.8. The number of nitriles is 1. The van der Waals surface area contributed by atoms with Gasteiger partial charge in [0.2, 0.25) is 0 Å². The van der Waals surface area contributed by atoms with Crippen LogP contribution in [0.3, 0.4) is 0 Å². The Kier molecular flexibility index (Phi) is 3.19. The first-order valence-corrected chi connectivity index (χ1v) is 8.20. The zero-order valence-corrected chi connectivity index (χ0v) is 14.3. The van der Waals surface area contributed by atoms with Crippen LogP contribution in [0.2, 0.25) is 0 Å². The first-order valence-electron chi connectivity index (χ1n) is 7.31. The van der Waals surface area contributed by atoms with Crippen LogP contribution in [0, 0.1) is 11.3 Å². The molecule has 0 N–H and O–H groups in total. The molecule has 3 aromatic rings. The number of imidazole rings is 1. The molecule has 0 bridgehead atoms. The van der Waals surface area contributed by atoms with Crippen LogP contribution in [0.15, 0.2) is 40.3 Å². The number of hydrogen-bond donors (Lipinski definition) is 2. The molecule has 2 aromatic heterocycles. The number of hydrogen-bond acceptors (Lipinski definition) is 5. The molecule has 0 unspecified atom stereocenters. The molecular formula is C17H14N4S2. The first kappa shape index (κ1) is 14.6. The van der Waals surface area contributed by atoms with E-state index in [1.807, 2.05) is 35.9 Å². The molecule has 23 heavy (non-hydrogen) atoms. The van der Waals surface area contributed by atoms with Gasteiger partial charge < -0.3 is 4.57 Å². The summed E-state index contributed by atoms with van der Waals surface area (Å²) in [6, 6.07) is 10.2. The van der Waals surface area contributed by atoms with Crippen molar-refractivity contribution in [2.45, 2.75) is 28.0 Å². The molecule has 1 fully saturated rings. The van der Waals surface area contributed by atoms with Gasteiger partial charge in [-0.1, -0.05) is 0 Å². The van der Waals surface area contributed by atoms with Gasteiger partial charge in [-0.15, -0.1) is 25.3 Å². The van der Waals surface area contributed by atoms with Gasteiger partial charge >= 0.3 is 0 Å². The van der Waals surface area contributed by atoms with E-state index in [1.54, 1.807) is 6.20 Å². The fourth-order valence-electron chi connectivity index (χ4n) is 2.88. The molecule has 0 aliphatic heterocycles. The lowest BCUT2D eigenvalue weighted by Crippen LogP contribution is -2.05. The third kappa shape index (κ3) is 2.23. The lowest BCUT2D eigenvalue weighted by atomic mass is 9.99. The zero-order chi connectivity index (χ0) is 16.2. The molecule has 0 atom stereocenters. The van der Waals surface area contributed by atoms with Crippen LogP contribution in [0.1, 0.15) is 18.4 Å². The molecule has 1 aromatic carbocycles. The summed E-state index contributed by atoms with van der Waals surface area (Å²) in [5, 5.41) is 9.33. The van der Waals surface area contributed by atoms with Crippen molar-refractivity contribution in [3.63, 3.8) is 0 Å². The Hall–Kier alpha value is -1.97. The Morgan fingerprint density at radius 2 is 2.04 bits per heavy atom. The topological polar surface area (TPSA) is 54.5 Å². The molecule has 2 heterocycles. The Morgan fingerprint density at radius 1 is 1.26 bits per heavy atom. The minimum absolute atomic E-state index is 0.351. The smallest absolute Gasteiger partial charge is 0.160 e. The van der Waals surface area contributed by atoms with E-state index in [4.69, 9.17) is 0 Å². The highest BCUT2D eigenvalue weighted by Gasteiger charge is 2.45. The van der Waals surface area contributed by atoms with E-state index in [9.17, 15) is 5.26 Å². The fourth-order valence-corrected chi connectivity index (χ4v) is 3.37. The molecule has 6 heteroatoms. The highest BCUT2D eigenvalue weighted by Crippen LogP contribution is 2.48. The number of aromatic nitrogens is 3. The van der Waals surface area contributed by atoms with Crippen LogP contribution in [0.5, 0.6) is 0 Å². The summed E-state index contributed by atoms with van der Waals surface area (Å²) in [6.45, 7) is 0. The van der Waals surface area contributed by atoms with Gasteiger partial charge in [0.15, 0.2) is 5.82 Å². The fraction of sp³-hybridized carbons (Fsp3) is 0.235. The molecule has 0 amide bonds. The largest absolute Gasteiger partial charge is 0.326 e. The standard InChI is InChI=1S/C17H14N4S2/c1-21-13-3-2-11(22)7-12(13)20-16(21)15-14(23)6-10(8-19-15)17(9-18)4-5-17/h2-3,6-8,22-23H,4-5H2,1H3. The van der Waals surface area contributed by atoms with E-state index >= 15 is 0 Å². The average Bonchev–Trinajstić information content (AvgIpc) is 3.28. The van der Waals surface area contributed by atoms with Crippen molar-refractivity contribution in [1.82, 2.24) is 14.5 Å². The van der Waals surface area contributed by atoms with E-state index in [0.717, 1.165) is 50.7 Å². The van der Waals surface area contributed by atoms with Gasteiger partial charge in [0.05, 0.1) is 22.5 Å². The van der Waals surface area contributed by atoms with Gasteiger partial charge in [-0.3, -0.25) is 4.98 Å². The maximum absolute atomic E-state index is 9.33. The normalized spacial score (nSPS) is 15.6. The number of fused-ring (bicyclic) bond motifs is 1. The lowest BCUT2D eigenvalue weighted by molar-refractivity contribution is 0.882. The van der Waals surface area contributed by atoms with Gasteiger partial charge in [0, 0.05) is 23.0 Å². The minimum atomic E-state index is -0.351. The second-order valence-corrected chi connectivity index (χ2v) is 6.95. The van der Waals surface area contributed by atoms with E-state index in [1.165, 1.54) is 0 Å². The van der Waals surface area contributed by atoms with Crippen LogP contribution in [0.25, 0.3) is 22.6 Å². The van der Waals surface area contributed by atoms with Crippen molar-refractivity contribution in [2.75, 3.05) is 0 Å². The molecule has 1 saturated carbocycles. The molecule has 0 radical (unpaired) electrons. The maximum Gasteiger partial charge on any atom is 0.160 e. The molecule has 1 aliphatic carbocycles. The van der Waals surface area contributed by atoms with Gasteiger partial charge in [0.25, 0.3) is 0 Å². The van der Waals surface area contributed by atoms with Crippen molar-refractivity contribution in [1.29, 1.82) is 5.26 Å². The number of nitrogens with zero attached hydrogens (tertiary/aromatic N) is 4. The summed E-state index contributed by atoms with van der Waals surface area (Å²) in [6.07, 6.45) is 3.58. The highest BCUT2D eigenvalue weighted by molar-refractivity contribution is 7.80. The second kappa shape index (κ2) is 5.02. The summed E-state index contributed by atoms with van der Waals surface area (Å²) in [5.74, 6) is 0.761. The molecule has 0 spiro atoms. The van der Waals surface area contributed by atoms with Crippen LogP contribution in [-0.4, -0.2) is 14.5 Å². The summed E-state index contributed by atoms with van der Waals surface area (Å²) in [7, 11) is 1.96. The Morgan fingerprint density at radius 3 is 2.70 bits per heavy atom. The maximum atomic E-state index is 9.33. The van der Waals surface area contributed by atoms with Crippen molar-refractivity contribution >= 4 is 36.3 Å². The molecule has 4 nitrogen and oxygen atoms in total. The lowest BCUT2D eigenvalue weighted by Gasteiger charge is -2.10. The van der Waals surface area contributed by atoms with Crippen LogP contribution < -0.4 is 0 Å². The minimum Gasteiger partial charge on any atom is -0.326 e. The molecule has 4 rings (SSSR count). The molecular weight excluding hydrogens is 324 g/mol. The molecule has 0 saturated heterocycles. The van der Waals surface area contributed by atoms with Gasteiger partial charge in [0.1, 0.15) is 5.69 Å². The van der Waals surface area contributed by atoms with E-state index < -0.39 is 0 Å². The number of aryl methyl sites for hydroxylation is 1. The Bertz CT molecular complexity index is 980. The molecule has 1 aliphatic rings. The van der Waals surface area contributed by atoms with E-state index in [0.29, 0.717) is 0 Å². The average molecular weight is 338 g/mol. The monoisotopic (exact) mass is 338 g/mol. The van der Waals surface area contributed by atoms with Crippen LogP contribution in [-0.2, 0) is 12.5 Å². The summed E-state index contributed by atoms with van der Waals surface area (Å²) >= 11 is 8.95. The number of thiol groups is 2. The summed E-state index contributed by atoms with van der Waals surface area (Å²) in [5.41, 5.74) is 3.22. The highest BCUT2D eigenvalue weighted by atomic mass is 32.1. The van der Waals surface area contributed by atoms with Crippen LogP contribution >= 0.6 is 25.3 Å². The van der Waals surface area contributed by atoms with Crippen molar-refractivity contribution in [3.8, 4) is 17.6 Å². The SMILES string of the molecule is Cn1c(-c2ncc(C3(C#N)CC3)cc2S)nc2cc(S)ccc21. The number of benzene rings is 1. The quantitative estimate of drug-likeness (QED) is 0.700. The van der Waals surface area contributed by atoms with E-state index in [2.05, 4.69) is 41.3 Å². The number of pyridine rings is 1. The van der Waals surface area contributed by atoms with Crippen molar-refractivity contribution < 1.29 is 0 Å². The molecule has 114 valence electrons.